The SMILES string of the molecule is CC(NC(=O)NCc1ccnn1C)c1ccc2c(c1)OCCO2. The molecule has 1 aliphatic heterocycles. The molecule has 23 heavy (non-hydrogen) atoms. The first-order valence-corrected chi connectivity index (χ1v) is 7.54. The van der Waals surface area contributed by atoms with Crippen molar-refractivity contribution in [3.05, 3.63) is 41.7 Å². The molecule has 1 aromatic heterocycles. The third kappa shape index (κ3) is 3.56. The van der Waals surface area contributed by atoms with Gasteiger partial charge in [-0.25, -0.2) is 4.79 Å². The molecule has 7 nitrogen and oxygen atoms in total. The maximum atomic E-state index is 12.0. The van der Waals surface area contributed by atoms with Crippen molar-refractivity contribution >= 4 is 6.03 Å². The monoisotopic (exact) mass is 316 g/mol. The number of ether oxygens (including phenoxy) is 2. The average molecular weight is 316 g/mol. The Morgan fingerprint density at radius 3 is 2.83 bits per heavy atom. The zero-order chi connectivity index (χ0) is 16.2. The van der Waals surface area contributed by atoms with Gasteiger partial charge in [0.2, 0.25) is 0 Å². The second-order valence-electron chi connectivity index (χ2n) is 5.40. The highest BCUT2D eigenvalue weighted by molar-refractivity contribution is 5.74. The van der Waals surface area contributed by atoms with Crippen LogP contribution >= 0.6 is 0 Å². The molecule has 7 heteroatoms. The number of carbonyl (C=O) groups excluding carboxylic acids is 1. The first-order valence-electron chi connectivity index (χ1n) is 7.54. The average Bonchev–Trinajstić information content (AvgIpc) is 2.97. The molecule has 1 atom stereocenters. The second-order valence-corrected chi connectivity index (χ2v) is 5.40. The molecule has 1 aliphatic rings. The highest BCUT2D eigenvalue weighted by Crippen LogP contribution is 2.32. The van der Waals surface area contributed by atoms with Gasteiger partial charge in [0.25, 0.3) is 0 Å². The van der Waals surface area contributed by atoms with Crippen molar-refractivity contribution in [2.75, 3.05) is 13.2 Å². The fourth-order valence-electron chi connectivity index (χ4n) is 2.41. The maximum Gasteiger partial charge on any atom is 0.315 e. The molecule has 2 heterocycles. The van der Waals surface area contributed by atoms with E-state index in [1.807, 2.05) is 38.2 Å². The van der Waals surface area contributed by atoms with Crippen molar-refractivity contribution < 1.29 is 14.3 Å². The van der Waals surface area contributed by atoms with Crippen LogP contribution in [-0.4, -0.2) is 29.0 Å². The Labute approximate surface area is 134 Å². The van der Waals surface area contributed by atoms with Crippen molar-refractivity contribution in [2.45, 2.75) is 19.5 Å². The minimum Gasteiger partial charge on any atom is -0.486 e. The van der Waals surface area contributed by atoms with Crippen molar-refractivity contribution in [1.29, 1.82) is 0 Å². The lowest BCUT2D eigenvalue weighted by atomic mass is 10.1. The normalized spacial score (nSPS) is 14.2. The van der Waals surface area contributed by atoms with Crippen LogP contribution in [-0.2, 0) is 13.6 Å². The van der Waals surface area contributed by atoms with Gasteiger partial charge in [-0.15, -0.1) is 0 Å². The van der Waals surface area contributed by atoms with Crippen LogP contribution in [0.3, 0.4) is 0 Å². The van der Waals surface area contributed by atoms with Gasteiger partial charge in [-0.2, -0.15) is 5.10 Å². The molecular weight excluding hydrogens is 296 g/mol. The zero-order valence-corrected chi connectivity index (χ0v) is 13.2. The standard InChI is InChI=1S/C16H20N4O3/c1-11(12-3-4-14-15(9-12)23-8-7-22-14)19-16(21)17-10-13-5-6-18-20(13)2/h3-6,9,11H,7-8,10H2,1-2H3,(H2,17,19,21). The number of benzene rings is 1. The van der Waals surface area contributed by atoms with Gasteiger partial charge in [-0.05, 0) is 30.7 Å². The molecule has 1 unspecified atom stereocenters. The number of hydrogen-bond acceptors (Lipinski definition) is 4. The molecule has 0 fully saturated rings. The molecule has 0 spiro atoms. The molecule has 3 rings (SSSR count). The van der Waals surface area contributed by atoms with Crippen LogP contribution in [0.2, 0.25) is 0 Å². The summed E-state index contributed by atoms with van der Waals surface area (Å²) in [4.78, 5) is 12.0. The fraction of sp³-hybridized carbons (Fsp3) is 0.375. The maximum absolute atomic E-state index is 12.0. The molecular formula is C16H20N4O3. The lowest BCUT2D eigenvalue weighted by Gasteiger charge is -2.21. The molecule has 2 N–H and O–H groups in total. The van der Waals surface area contributed by atoms with Crippen LogP contribution in [0, 0.1) is 0 Å². The van der Waals surface area contributed by atoms with E-state index in [2.05, 4.69) is 15.7 Å². The third-order valence-electron chi connectivity index (χ3n) is 3.77. The van der Waals surface area contributed by atoms with Gasteiger partial charge in [-0.3, -0.25) is 4.68 Å². The second kappa shape index (κ2) is 6.60. The Balaban J connectivity index is 1.57. The number of fused-ring (bicyclic) bond motifs is 1. The van der Waals surface area contributed by atoms with Gasteiger partial charge < -0.3 is 20.1 Å². The predicted octanol–water partition coefficient (Wildman–Crippen LogP) is 1.75. The van der Waals surface area contributed by atoms with Crippen LogP contribution in [0.5, 0.6) is 11.5 Å². The zero-order valence-electron chi connectivity index (χ0n) is 13.2. The number of amides is 2. The molecule has 2 aromatic rings. The van der Waals surface area contributed by atoms with E-state index in [1.165, 1.54) is 0 Å². The van der Waals surface area contributed by atoms with Crippen LogP contribution in [0.15, 0.2) is 30.5 Å². The molecule has 2 amide bonds. The number of aromatic nitrogens is 2. The van der Waals surface area contributed by atoms with Crippen molar-refractivity contribution in [3.8, 4) is 11.5 Å². The van der Waals surface area contributed by atoms with E-state index < -0.39 is 0 Å². The Bertz CT molecular complexity index is 698. The van der Waals surface area contributed by atoms with E-state index in [4.69, 9.17) is 9.47 Å². The lowest BCUT2D eigenvalue weighted by Crippen LogP contribution is -2.37. The van der Waals surface area contributed by atoms with E-state index in [9.17, 15) is 4.79 Å². The summed E-state index contributed by atoms with van der Waals surface area (Å²) in [7, 11) is 1.84. The Morgan fingerprint density at radius 1 is 1.30 bits per heavy atom. The number of nitrogens with one attached hydrogen (secondary N) is 2. The van der Waals surface area contributed by atoms with Crippen LogP contribution in [0.25, 0.3) is 0 Å². The van der Waals surface area contributed by atoms with Gasteiger partial charge in [-0.1, -0.05) is 6.07 Å². The number of carbonyl (C=O) groups is 1. The topological polar surface area (TPSA) is 77.4 Å². The molecule has 0 radical (unpaired) electrons. The Hall–Kier alpha value is -2.70. The van der Waals surface area contributed by atoms with E-state index in [1.54, 1.807) is 10.9 Å². The first kappa shape index (κ1) is 15.2. The lowest BCUT2D eigenvalue weighted by molar-refractivity contribution is 0.171. The van der Waals surface area contributed by atoms with Gasteiger partial charge >= 0.3 is 6.03 Å². The number of rotatable bonds is 4. The summed E-state index contributed by atoms with van der Waals surface area (Å²) in [6.45, 7) is 3.46. The smallest absolute Gasteiger partial charge is 0.315 e. The fourth-order valence-corrected chi connectivity index (χ4v) is 2.41. The number of aryl methyl sites for hydroxylation is 1. The van der Waals surface area contributed by atoms with E-state index in [0.717, 1.165) is 22.8 Å². The van der Waals surface area contributed by atoms with Gasteiger partial charge in [0.15, 0.2) is 11.5 Å². The Kier molecular flexibility index (Phi) is 4.36. The number of hydrogen-bond donors (Lipinski definition) is 2. The van der Waals surface area contributed by atoms with Crippen molar-refractivity contribution in [2.24, 2.45) is 7.05 Å². The number of urea groups is 1. The summed E-state index contributed by atoms with van der Waals surface area (Å²) in [5, 5.41) is 9.79. The minimum atomic E-state index is -0.228. The molecule has 0 saturated carbocycles. The van der Waals surface area contributed by atoms with Crippen molar-refractivity contribution in [3.63, 3.8) is 0 Å². The van der Waals surface area contributed by atoms with Crippen LogP contribution < -0.4 is 20.1 Å². The molecule has 0 saturated heterocycles. The minimum absolute atomic E-state index is 0.141. The highest BCUT2D eigenvalue weighted by atomic mass is 16.6. The summed E-state index contributed by atoms with van der Waals surface area (Å²) >= 11 is 0. The first-order chi connectivity index (χ1) is 11.1. The van der Waals surface area contributed by atoms with E-state index in [0.29, 0.717) is 19.8 Å². The van der Waals surface area contributed by atoms with Crippen LogP contribution in [0.4, 0.5) is 4.79 Å². The van der Waals surface area contributed by atoms with E-state index >= 15 is 0 Å². The van der Waals surface area contributed by atoms with Crippen LogP contribution in [0.1, 0.15) is 24.2 Å². The van der Waals surface area contributed by atoms with Gasteiger partial charge in [0.1, 0.15) is 13.2 Å². The largest absolute Gasteiger partial charge is 0.486 e. The molecule has 122 valence electrons. The Morgan fingerprint density at radius 2 is 2.09 bits per heavy atom. The quantitative estimate of drug-likeness (QED) is 0.901. The van der Waals surface area contributed by atoms with E-state index in [-0.39, 0.29) is 12.1 Å². The molecule has 0 aliphatic carbocycles. The summed E-state index contributed by atoms with van der Waals surface area (Å²) in [6, 6.07) is 7.20. The number of nitrogens with zero attached hydrogens (tertiary/aromatic N) is 2. The third-order valence-corrected chi connectivity index (χ3v) is 3.77. The molecule has 0 bridgehead atoms. The summed E-state index contributed by atoms with van der Waals surface area (Å²) < 4.78 is 12.8. The summed E-state index contributed by atoms with van der Waals surface area (Å²) in [5.74, 6) is 1.46. The summed E-state index contributed by atoms with van der Waals surface area (Å²) in [6.07, 6.45) is 1.70. The highest BCUT2D eigenvalue weighted by Gasteiger charge is 2.15. The predicted molar refractivity (Wildman–Crippen MR) is 84.4 cm³/mol. The van der Waals surface area contributed by atoms with Gasteiger partial charge in [0, 0.05) is 13.2 Å². The summed E-state index contributed by atoms with van der Waals surface area (Å²) in [5.41, 5.74) is 1.90. The molecule has 1 aromatic carbocycles. The van der Waals surface area contributed by atoms with Gasteiger partial charge in [0.05, 0.1) is 18.3 Å². The van der Waals surface area contributed by atoms with Crippen molar-refractivity contribution in [1.82, 2.24) is 20.4 Å².